The van der Waals surface area contributed by atoms with Gasteiger partial charge in [-0.15, -0.1) is 0 Å². The van der Waals surface area contributed by atoms with E-state index in [0.717, 1.165) is 38.8 Å². The SMILES string of the molecule is NC(=O)c1nc(-c2cn[nH]c2)oc1-c1cn(C2CCC(N3CCOCC3)CC2)nc1-c1nc(C(F)(F)F)ccc1F. The minimum atomic E-state index is -4.82. The molecule has 1 saturated heterocycles. The molecule has 2 aliphatic rings. The van der Waals surface area contributed by atoms with Crippen LogP contribution in [0.2, 0.25) is 0 Å². The summed E-state index contributed by atoms with van der Waals surface area (Å²) in [5.41, 5.74) is 3.61. The molecule has 2 fully saturated rings. The number of aromatic amines is 1. The molecule has 6 rings (SSSR count). The van der Waals surface area contributed by atoms with Crippen LogP contribution in [0.1, 0.15) is 47.9 Å². The molecule has 216 valence electrons. The van der Waals surface area contributed by atoms with Crippen molar-refractivity contribution in [3.63, 3.8) is 0 Å². The lowest BCUT2D eigenvalue weighted by atomic mass is 9.90. The molecule has 4 aromatic heterocycles. The fourth-order valence-corrected chi connectivity index (χ4v) is 5.48. The van der Waals surface area contributed by atoms with E-state index in [1.165, 1.54) is 18.6 Å². The van der Waals surface area contributed by atoms with Crippen LogP contribution < -0.4 is 5.73 Å². The minimum Gasteiger partial charge on any atom is -0.435 e. The van der Waals surface area contributed by atoms with E-state index in [1.54, 1.807) is 4.68 Å². The molecule has 0 radical (unpaired) electrons. The number of hydrogen-bond donors (Lipinski definition) is 2. The number of morpholine rings is 1. The van der Waals surface area contributed by atoms with Crippen molar-refractivity contribution >= 4 is 5.91 Å². The summed E-state index contributed by atoms with van der Waals surface area (Å²) in [7, 11) is 0. The summed E-state index contributed by atoms with van der Waals surface area (Å²) in [5.74, 6) is -2.13. The Morgan fingerprint density at radius 3 is 2.44 bits per heavy atom. The topological polar surface area (TPSA) is 141 Å². The molecule has 11 nitrogen and oxygen atoms in total. The number of alkyl halides is 3. The second-order valence-corrected chi connectivity index (χ2v) is 10.1. The van der Waals surface area contributed by atoms with E-state index < -0.39 is 29.3 Å². The first-order valence-electron chi connectivity index (χ1n) is 13.1. The van der Waals surface area contributed by atoms with E-state index in [2.05, 4.69) is 30.2 Å². The highest BCUT2D eigenvalue weighted by Gasteiger charge is 2.36. The zero-order chi connectivity index (χ0) is 28.7. The number of nitrogens with one attached hydrogen (secondary N) is 1. The van der Waals surface area contributed by atoms with Crippen LogP contribution in [0.4, 0.5) is 17.6 Å². The van der Waals surface area contributed by atoms with Gasteiger partial charge in [0, 0.05) is 31.5 Å². The van der Waals surface area contributed by atoms with E-state index in [1.807, 2.05) is 0 Å². The average Bonchev–Trinajstić information content (AvgIpc) is 3.73. The third-order valence-corrected chi connectivity index (χ3v) is 7.55. The number of amides is 1. The highest BCUT2D eigenvalue weighted by molar-refractivity contribution is 5.98. The van der Waals surface area contributed by atoms with Crippen LogP contribution in [0, 0.1) is 5.82 Å². The van der Waals surface area contributed by atoms with Crippen LogP contribution in [0.25, 0.3) is 34.2 Å². The summed E-state index contributed by atoms with van der Waals surface area (Å²) in [6.07, 6.45) is 2.83. The molecule has 0 unspecified atom stereocenters. The first-order valence-corrected chi connectivity index (χ1v) is 13.1. The maximum absolute atomic E-state index is 15.1. The van der Waals surface area contributed by atoms with Crippen LogP contribution in [0.3, 0.4) is 0 Å². The van der Waals surface area contributed by atoms with Gasteiger partial charge in [-0.2, -0.15) is 23.4 Å². The average molecular weight is 575 g/mol. The molecule has 4 aromatic rings. The van der Waals surface area contributed by atoms with Gasteiger partial charge >= 0.3 is 6.18 Å². The monoisotopic (exact) mass is 574 g/mol. The molecule has 1 amide bonds. The second kappa shape index (κ2) is 10.7. The number of rotatable bonds is 6. The molecule has 0 bridgehead atoms. The van der Waals surface area contributed by atoms with Crippen LogP contribution in [0.15, 0.2) is 35.1 Å². The molecule has 0 spiro atoms. The van der Waals surface area contributed by atoms with Crippen LogP contribution in [-0.4, -0.2) is 73.1 Å². The summed E-state index contributed by atoms with van der Waals surface area (Å²) in [6.45, 7) is 3.13. The van der Waals surface area contributed by atoms with Crippen LogP contribution in [-0.2, 0) is 10.9 Å². The van der Waals surface area contributed by atoms with Gasteiger partial charge < -0.3 is 14.9 Å². The summed E-state index contributed by atoms with van der Waals surface area (Å²) in [6, 6.07) is 1.51. The van der Waals surface area contributed by atoms with Crippen LogP contribution >= 0.6 is 0 Å². The molecule has 41 heavy (non-hydrogen) atoms. The molecule has 0 aromatic carbocycles. The van der Waals surface area contributed by atoms with Crippen molar-refractivity contribution in [2.75, 3.05) is 26.3 Å². The maximum Gasteiger partial charge on any atom is 0.433 e. The van der Waals surface area contributed by atoms with Gasteiger partial charge in [-0.1, -0.05) is 0 Å². The predicted molar refractivity (Wildman–Crippen MR) is 136 cm³/mol. The number of aromatic nitrogens is 6. The zero-order valence-corrected chi connectivity index (χ0v) is 21.7. The number of pyridine rings is 1. The molecular formula is C26H26F4N8O3. The quantitative estimate of drug-likeness (QED) is 0.329. The molecule has 5 heterocycles. The number of nitrogens with two attached hydrogens (primary N) is 1. The molecule has 3 N–H and O–H groups in total. The second-order valence-electron chi connectivity index (χ2n) is 10.1. The molecule has 1 aliphatic heterocycles. The van der Waals surface area contributed by atoms with Crippen molar-refractivity contribution in [1.82, 2.24) is 34.8 Å². The number of carbonyl (C=O) groups excluding carboxylic acids is 1. The lowest BCUT2D eigenvalue weighted by Gasteiger charge is -2.38. The lowest BCUT2D eigenvalue weighted by Crippen LogP contribution is -2.45. The van der Waals surface area contributed by atoms with Crippen molar-refractivity contribution in [3.05, 3.63) is 47.9 Å². The third kappa shape index (κ3) is 5.34. The van der Waals surface area contributed by atoms with E-state index in [4.69, 9.17) is 14.9 Å². The number of oxazole rings is 1. The van der Waals surface area contributed by atoms with Gasteiger partial charge in [-0.3, -0.25) is 19.5 Å². The zero-order valence-electron chi connectivity index (χ0n) is 21.7. The van der Waals surface area contributed by atoms with Gasteiger partial charge in [0.25, 0.3) is 5.91 Å². The number of primary amides is 1. The Kier molecular flexibility index (Phi) is 7.07. The van der Waals surface area contributed by atoms with Crippen molar-refractivity contribution < 1.29 is 31.5 Å². The van der Waals surface area contributed by atoms with Crippen molar-refractivity contribution in [2.24, 2.45) is 5.73 Å². The van der Waals surface area contributed by atoms with Gasteiger partial charge in [-0.25, -0.2) is 14.4 Å². The number of nitrogens with zero attached hydrogens (tertiary/aromatic N) is 6. The summed E-state index contributed by atoms with van der Waals surface area (Å²) in [4.78, 5) is 22.5. The Labute approximate surface area is 230 Å². The molecule has 0 atom stereocenters. The minimum absolute atomic E-state index is 0.00950. The number of carbonyl (C=O) groups is 1. The number of ether oxygens (including phenoxy) is 1. The Bertz CT molecular complexity index is 1530. The number of halogens is 4. The normalized spacial score (nSPS) is 20.4. The number of H-pyrrole nitrogens is 1. The van der Waals surface area contributed by atoms with E-state index >= 15 is 4.39 Å². The summed E-state index contributed by atoms with van der Waals surface area (Å²) in [5, 5.41) is 11.0. The fourth-order valence-electron chi connectivity index (χ4n) is 5.48. The smallest absolute Gasteiger partial charge is 0.433 e. The Morgan fingerprint density at radius 2 is 1.78 bits per heavy atom. The molecular weight excluding hydrogens is 548 g/mol. The van der Waals surface area contributed by atoms with Gasteiger partial charge in [0.15, 0.2) is 17.3 Å². The highest BCUT2D eigenvalue weighted by atomic mass is 19.4. The third-order valence-electron chi connectivity index (χ3n) is 7.55. The standard InChI is InChI=1S/C26H26F4N8O3/c27-18-5-6-19(26(28,29)30)34-21(18)20-17(23-22(24(31)39)35-25(41-23)14-11-32-33-12-14)13-38(36-20)16-3-1-15(2-4-16)37-7-9-40-10-8-37/h5-6,11-13,15-16H,1-4,7-10H2,(H2,31,39)(H,32,33). The lowest BCUT2D eigenvalue weighted by molar-refractivity contribution is -0.141. The summed E-state index contributed by atoms with van der Waals surface area (Å²) < 4.78 is 68.6. The van der Waals surface area contributed by atoms with Gasteiger partial charge in [-0.05, 0) is 37.8 Å². The predicted octanol–water partition coefficient (Wildman–Crippen LogP) is 4.06. The first-order chi connectivity index (χ1) is 19.7. The molecule has 15 heteroatoms. The highest BCUT2D eigenvalue weighted by Crippen LogP contribution is 2.40. The van der Waals surface area contributed by atoms with E-state index in [0.29, 0.717) is 37.0 Å². The van der Waals surface area contributed by atoms with Crippen molar-refractivity contribution in [3.8, 4) is 34.2 Å². The van der Waals surface area contributed by atoms with Crippen LogP contribution in [0.5, 0.6) is 0 Å². The Balaban J connectivity index is 1.42. The molecule has 1 saturated carbocycles. The summed E-state index contributed by atoms with van der Waals surface area (Å²) >= 11 is 0. The van der Waals surface area contributed by atoms with Gasteiger partial charge in [0.05, 0.1) is 36.6 Å². The fraction of sp³-hybridized carbons (Fsp3) is 0.423. The molecule has 1 aliphatic carbocycles. The maximum atomic E-state index is 15.1. The van der Waals surface area contributed by atoms with Gasteiger partial charge in [0.2, 0.25) is 5.89 Å². The Morgan fingerprint density at radius 1 is 1.05 bits per heavy atom. The van der Waals surface area contributed by atoms with Crippen molar-refractivity contribution in [1.29, 1.82) is 0 Å². The van der Waals surface area contributed by atoms with E-state index in [-0.39, 0.29) is 34.6 Å². The largest absolute Gasteiger partial charge is 0.435 e. The number of hydrogen-bond acceptors (Lipinski definition) is 8. The van der Waals surface area contributed by atoms with E-state index in [9.17, 15) is 18.0 Å². The van der Waals surface area contributed by atoms with Gasteiger partial charge in [0.1, 0.15) is 17.1 Å². The van der Waals surface area contributed by atoms with Crippen molar-refractivity contribution in [2.45, 2.75) is 43.9 Å². The first kappa shape index (κ1) is 27.1. The Hall–Kier alpha value is -4.11.